The molecule has 0 radical (unpaired) electrons. The zero-order chi connectivity index (χ0) is 12.7. The molecule has 0 atom stereocenters. The summed E-state index contributed by atoms with van der Waals surface area (Å²) < 4.78 is 5.56. The van der Waals surface area contributed by atoms with E-state index in [-0.39, 0.29) is 6.10 Å². The molecule has 0 aliphatic carbocycles. The van der Waals surface area contributed by atoms with E-state index < -0.39 is 0 Å². The number of nitrogens with zero attached hydrogens (tertiary/aromatic N) is 1. The Bertz CT molecular complexity index is 342. The Labute approximate surface area is 108 Å². The number of anilines is 1. The quantitative estimate of drug-likeness (QED) is 0.595. The molecule has 0 bridgehead atoms. The number of nitrogen functional groups attached to an aromatic ring is 1. The van der Waals surface area contributed by atoms with Crippen LogP contribution in [0.15, 0.2) is 17.2 Å². The van der Waals surface area contributed by atoms with Crippen LogP contribution >= 0.6 is 11.8 Å². The summed E-state index contributed by atoms with van der Waals surface area (Å²) in [7, 11) is 0. The summed E-state index contributed by atoms with van der Waals surface area (Å²) in [5, 5.41) is 0.992. The summed E-state index contributed by atoms with van der Waals surface area (Å²) in [5.74, 6) is 1.66. The van der Waals surface area contributed by atoms with Gasteiger partial charge in [0.1, 0.15) is 5.03 Å². The van der Waals surface area contributed by atoms with Crippen molar-refractivity contribution < 1.29 is 4.74 Å². The molecule has 96 valence electrons. The highest BCUT2D eigenvalue weighted by Crippen LogP contribution is 2.25. The molecular formula is C13H22N2OS. The Hall–Kier alpha value is -0.900. The summed E-state index contributed by atoms with van der Waals surface area (Å²) in [6.45, 7) is 6.16. The molecule has 3 nitrogen and oxygen atoms in total. The fourth-order valence-corrected chi connectivity index (χ4v) is 2.23. The van der Waals surface area contributed by atoms with Gasteiger partial charge in [-0.25, -0.2) is 4.98 Å². The molecule has 0 fully saturated rings. The van der Waals surface area contributed by atoms with Crippen molar-refractivity contribution in [2.75, 3.05) is 11.5 Å². The lowest BCUT2D eigenvalue weighted by atomic mass is 10.3. The predicted octanol–water partition coefficient (Wildman–Crippen LogP) is 3.73. The van der Waals surface area contributed by atoms with Crippen molar-refractivity contribution in [1.29, 1.82) is 0 Å². The minimum atomic E-state index is 0.102. The second-order valence-corrected chi connectivity index (χ2v) is 5.38. The van der Waals surface area contributed by atoms with Crippen LogP contribution in [0.1, 0.15) is 40.0 Å². The van der Waals surface area contributed by atoms with Crippen LogP contribution in [0.5, 0.6) is 5.88 Å². The van der Waals surface area contributed by atoms with Crippen molar-refractivity contribution in [3.05, 3.63) is 12.1 Å². The normalized spacial score (nSPS) is 10.8. The first-order valence-corrected chi connectivity index (χ1v) is 7.18. The van der Waals surface area contributed by atoms with Crippen LogP contribution in [0.3, 0.4) is 0 Å². The Morgan fingerprint density at radius 2 is 2.12 bits per heavy atom. The second-order valence-electron chi connectivity index (χ2n) is 4.27. The lowest BCUT2D eigenvalue weighted by Gasteiger charge is -2.11. The molecule has 0 aliphatic rings. The highest BCUT2D eigenvalue weighted by Gasteiger charge is 2.06. The van der Waals surface area contributed by atoms with Gasteiger partial charge in [-0.15, -0.1) is 11.8 Å². The van der Waals surface area contributed by atoms with E-state index in [9.17, 15) is 0 Å². The maximum absolute atomic E-state index is 5.82. The van der Waals surface area contributed by atoms with Gasteiger partial charge in [0.2, 0.25) is 5.88 Å². The minimum Gasteiger partial charge on any atom is -0.473 e. The average Bonchev–Trinajstić information content (AvgIpc) is 2.28. The Kier molecular flexibility index (Phi) is 6.19. The number of hydrogen-bond acceptors (Lipinski definition) is 4. The molecule has 1 rings (SSSR count). The lowest BCUT2D eigenvalue weighted by Crippen LogP contribution is -2.09. The number of unbranched alkanes of at least 4 members (excludes halogenated alkanes) is 2. The number of thioether (sulfide) groups is 1. The molecule has 1 aromatic rings. The number of hydrogen-bond donors (Lipinski definition) is 1. The van der Waals surface area contributed by atoms with Crippen LogP contribution in [0.2, 0.25) is 0 Å². The van der Waals surface area contributed by atoms with Gasteiger partial charge in [-0.3, -0.25) is 0 Å². The predicted molar refractivity (Wildman–Crippen MR) is 74.7 cm³/mol. The van der Waals surface area contributed by atoms with E-state index in [0.717, 1.165) is 10.8 Å². The first-order chi connectivity index (χ1) is 8.13. The summed E-state index contributed by atoms with van der Waals surface area (Å²) >= 11 is 1.76. The highest BCUT2D eigenvalue weighted by molar-refractivity contribution is 7.99. The largest absolute Gasteiger partial charge is 0.473 e. The first kappa shape index (κ1) is 14.2. The first-order valence-electron chi connectivity index (χ1n) is 6.19. The smallest absolute Gasteiger partial charge is 0.238 e. The lowest BCUT2D eigenvalue weighted by molar-refractivity contribution is 0.232. The summed E-state index contributed by atoms with van der Waals surface area (Å²) in [6.07, 6.45) is 3.85. The fourth-order valence-electron chi connectivity index (χ4n) is 1.36. The van der Waals surface area contributed by atoms with Crippen molar-refractivity contribution in [1.82, 2.24) is 4.98 Å². The third-order valence-electron chi connectivity index (χ3n) is 2.21. The molecule has 17 heavy (non-hydrogen) atoms. The number of nitrogens with two attached hydrogens (primary N) is 1. The van der Waals surface area contributed by atoms with E-state index in [1.807, 2.05) is 26.0 Å². The minimum absolute atomic E-state index is 0.102. The summed E-state index contributed by atoms with van der Waals surface area (Å²) in [6, 6.07) is 3.83. The van der Waals surface area contributed by atoms with Crippen LogP contribution in [-0.2, 0) is 0 Å². The Morgan fingerprint density at radius 1 is 1.35 bits per heavy atom. The van der Waals surface area contributed by atoms with E-state index >= 15 is 0 Å². The van der Waals surface area contributed by atoms with Crippen molar-refractivity contribution in [3.8, 4) is 5.88 Å². The zero-order valence-electron chi connectivity index (χ0n) is 10.9. The highest BCUT2D eigenvalue weighted by atomic mass is 32.2. The number of rotatable bonds is 7. The molecule has 1 heterocycles. The van der Waals surface area contributed by atoms with Gasteiger partial charge >= 0.3 is 0 Å². The molecule has 0 saturated carbocycles. The molecule has 0 amide bonds. The molecule has 0 spiro atoms. The van der Waals surface area contributed by atoms with Gasteiger partial charge in [-0.05, 0) is 38.2 Å². The molecule has 1 aromatic heterocycles. The van der Waals surface area contributed by atoms with Crippen molar-refractivity contribution in [2.24, 2.45) is 0 Å². The Morgan fingerprint density at radius 3 is 2.76 bits per heavy atom. The van der Waals surface area contributed by atoms with Crippen LogP contribution in [0.4, 0.5) is 5.69 Å². The topological polar surface area (TPSA) is 48.1 Å². The molecule has 0 aliphatic heterocycles. The van der Waals surface area contributed by atoms with Crippen LogP contribution < -0.4 is 10.5 Å². The maximum atomic E-state index is 5.82. The van der Waals surface area contributed by atoms with Crippen LogP contribution in [-0.4, -0.2) is 16.8 Å². The standard InChI is InChI=1S/C13H22N2OS/c1-4-5-6-9-17-12-8-7-11(14)13(15-12)16-10(2)3/h7-8,10H,4-6,9,14H2,1-3H3. The molecule has 0 aromatic carbocycles. The second kappa shape index (κ2) is 7.43. The molecule has 0 unspecified atom stereocenters. The molecule has 4 heteroatoms. The van der Waals surface area contributed by atoms with E-state index in [0.29, 0.717) is 11.6 Å². The molecule has 0 saturated heterocycles. The van der Waals surface area contributed by atoms with Crippen LogP contribution in [0.25, 0.3) is 0 Å². The van der Waals surface area contributed by atoms with E-state index in [1.165, 1.54) is 19.3 Å². The van der Waals surface area contributed by atoms with Gasteiger partial charge < -0.3 is 10.5 Å². The van der Waals surface area contributed by atoms with Gasteiger partial charge in [-0.2, -0.15) is 0 Å². The third-order valence-corrected chi connectivity index (χ3v) is 3.23. The van der Waals surface area contributed by atoms with E-state index in [1.54, 1.807) is 11.8 Å². The van der Waals surface area contributed by atoms with Gasteiger partial charge in [0, 0.05) is 0 Å². The fraction of sp³-hybridized carbons (Fsp3) is 0.615. The number of pyridine rings is 1. The number of ether oxygens (including phenoxy) is 1. The van der Waals surface area contributed by atoms with Gasteiger partial charge in [0.15, 0.2) is 0 Å². The van der Waals surface area contributed by atoms with E-state index in [4.69, 9.17) is 10.5 Å². The molecule has 2 N–H and O–H groups in total. The van der Waals surface area contributed by atoms with Gasteiger partial charge in [0.25, 0.3) is 0 Å². The van der Waals surface area contributed by atoms with Crippen molar-refractivity contribution in [2.45, 2.75) is 51.2 Å². The van der Waals surface area contributed by atoms with Crippen LogP contribution in [0, 0.1) is 0 Å². The Balaban J connectivity index is 2.55. The van der Waals surface area contributed by atoms with E-state index in [2.05, 4.69) is 11.9 Å². The van der Waals surface area contributed by atoms with Gasteiger partial charge in [0.05, 0.1) is 11.8 Å². The average molecular weight is 254 g/mol. The number of aromatic nitrogens is 1. The van der Waals surface area contributed by atoms with Gasteiger partial charge in [-0.1, -0.05) is 19.8 Å². The van der Waals surface area contributed by atoms with Crippen molar-refractivity contribution >= 4 is 17.4 Å². The zero-order valence-corrected chi connectivity index (χ0v) is 11.7. The SMILES string of the molecule is CCCCCSc1ccc(N)c(OC(C)C)n1. The monoisotopic (exact) mass is 254 g/mol. The molecular weight excluding hydrogens is 232 g/mol. The summed E-state index contributed by atoms with van der Waals surface area (Å²) in [5.41, 5.74) is 6.43. The summed E-state index contributed by atoms with van der Waals surface area (Å²) in [4.78, 5) is 4.43. The maximum Gasteiger partial charge on any atom is 0.238 e. The van der Waals surface area contributed by atoms with Crippen molar-refractivity contribution in [3.63, 3.8) is 0 Å². The third kappa shape index (κ3) is 5.31.